The maximum Gasteiger partial charge on any atom is 0.278 e. The number of nitrogen functional groups attached to an aromatic ring is 1. The van der Waals surface area contributed by atoms with Crippen molar-refractivity contribution in [2.45, 2.75) is 33.2 Å². The second kappa shape index (κ2) is 4.09. The van der Waals surface area contributed by atoms with Crippen molar-refractivity contribution in [1.29, 1.82) is 0 Å². The number of nitrogens with two attached hydrogens (primary N) is 2. The number of anilines is 1. The molecule has 0 aliphatic heterocycles. The zero-order valence-electron chi connectivity index (χ0n) is 10.7. The molecule has 2 aromatic heterocycles. The van der Waals surface area contributed by atoms with Crippen LogP contribution in [0.1, 0.15) is 26.6 Å². The molecule has 7 heteroatoms. The average Bonchev–Trinajstić information content (AvgIpc) is 2.58. The Labute approximate surface area is 104 Å². The van der Waals surface area contributed by atoms with Gasteiger partial charge in [0.05, 0.1) is 0 Å². The van der Waals surface area contributed by atoms with Gasteiger partial charge in [0.25, 0.3) is 5.56 Å². The maximum absolute atomic E-state index is 11.6. The molecule has 6 N–H and O–H groups in total. The summed E-state index contributed by atoms with van der Waals surface area (Å²) in [5.41, 5.74) is 11.9. The molecular formula is C11H18N6O. The van der Waals surface area contributed by atoms with Crippen molar-refractivity contribution in [3.05, 3.63) is 16.2 Å². The van der Waals surface area contributed by atoms with E-state index in [0.717, 1.165) is 0 Å². The van der Waals surface area contributed by atoms with Crippen molar-refractivity contribution in [2.24, 2.45) is 11.1 Å². The van der Waals surface area contributed by atoms with Crippen LogP contribution in [0.2, 0.25) is 0 Å². The number of fused-ring (bicyclic) bond motifs is 1. The summed E-state index contributed by atoms with van der Waals surface area (Å²) in [6.45, 7) is 6.18. The first kappa shape index (κ1) is 12.6. The molecule has 98 valence electrons. The predicted octanol–water partition coefficient (Wildman–Crippen LogP) is 0.144. The Bertz CT molecular complexity index is 620. The number of nitrogens with one attached hydrogen (secondary N) is 2. The van der Waals surface area contributed by atoms with E-state index in [0.29, 0.717) is 23.4 Å². The highest BCUT2D eigenvalue weighted by Gasteiger charge is 2.22. The van der Waals surface area contributed by atoms with Crippen molar-refractivity contribution in [2.75, 3.05) is 5.73 Å². The van der Waals surface area contributed by atoms with Gasteiger partial charge < -0.3 is 16.5 Å². The molecule has 0 radical (unpaired) electrons. The first-order chi connectivity index (χ1) is 8.27. The van der Waals surface area contributed by atoms with Gasteiger partial charge in [-0.3, -0.25) is 9.78 Å². The van der Waals surface area contributed by atoms with E-state index >= 15 is 0 Å². The number of aromatic amines is 2. The van der Waals surface area contributed by atoms with Gasteiger partial charge in [0.2, 0.25) is 5.95 Å². The van der Waals surface area contributed by atoms with Crippen molar-refractivity contribution in [3.63, 3.8) is 0 Å². The summed E-state index contributed by atoms with van der Waals surface area (Å²) in [5, 5.41) is 0. The second-order valence-corrected chi connectivity index (χ2v) is 5.51. The van der Waals surface area contributed by atoms with E-state index in [1.54, 1.807) is 0 Å². The predicted molar refractivity (Wildman–Crippen MR) is 70.1 cm³/mol. The van der Waals surface area contributed by atoms with Crippen LogP contribution >= 0.6 is 0 Å². The molecule has 2 heterocycles. The zero-order valence-corrected chi connectivity index (χ0v) is 10.7. The van der Waals surface area contributed by atoms with Gasteiger partial charge in [0.1, 0.15) is 5.82 Å². The summed E-state index contributed by atoms with van der Waals surface area (Å²) in [7, 11) is 0. The van der Waals surface area contributed by atoms with Crippen LogP contribution in [0.5, 0.6) is 0 Å². The summed E-state index contributed by atoms with van der Waals surface area (Å²) in [6.07, 6.45) is 0.555. The summed E-state index contributed by atoms with van der Waals surface area (Å²) in [5.74, 6) is 0.710. The quantitative estimate of drug-likeness (QED) is 0.603. The third-order valence-electron chi connectivity index (χ3n) is 2.95. The highest BCUT2D eigenvalue weighted by molar-refractivity contribution is 5.70. The molecule has 1 atom stereocenters. The maximum atomic E-state index is 11.6. The van der Waals surface area contributed by atoms with Gasteiger partial charge in [-0.25, -0.2) is 4.98 Å². The lowest BCUT2D eigenvalue weighted by atomic mass is 9.85. The monoisotopic (exact) mass is 250 g/mol. The highest BCUT2D eigenvalue weighted by Crippen LogP contribution is 2.20. The van der Waals surface area contributed by atoms with Crippen molar-refractivity contribution >= 4 is 17.1 Å². The number of nitrogens with zero attached hydrogens (tertiary/aromatic N) is 2. The zero-order chi connectivity index (χ0) is 13.5. The fourth-order valence-electron chi connectivity index (χ4n) is 1.58. The Balaban J connectivity index is 2.37. The molecule has 0 saturated carbocycles. The normalized spacial score (nSPS) is 14.0. The molecular weight excluding hydrogens is 232 g/mol. The molecule has 0 fully saturated rings. The lowest BCUT2D eigenvalue weighted by molar-refractivity contribution is 0.315. The molecule has 18 heavy (non-hydrogen) atoms. The number of H-pyrrole nitrogens is 2. The third-order valence-corrected chi connectivity index (χ3v) is 2.95. The Kier molecular flexibility index (Phi) is 2.86. The molecule has 0 saturated heterocycles. The van der Waals surface area contributed by atoms with Crippen LogP contribution < -0.4 is 17.0 Å². The van der Waals surface area contributed by atoms with Gasteiger partial charge in [0, 0.05) is 12.5 Å². The lowest BCUT2D eigenvalue weighted by Gasteiger charge is -2.26. The first-order valence-corrected chi connectivity index (χ1v) is 5.77. The number of hydrogen-bond donors (Lipinski definition) is 4. The van der Waals surface area contributed by atoms with E-state index in [-0.39, 0.29) is 23.0 Å². The van der Waals surface area contributed by atoms with E-state index in [4.69, 9.17) is 11.5 Å². The van der Waals surface area contributed by atoms with Gasteiger partial charge in [-0.15, -0.1) is 0 Å². The van der Waals surface area contributed by atoms with E-state index in [2.05, 4.69) is 40.7 Å². The molecule has 1 unspecified atom stereocenters. The minimum Gasteiger partial charge on any atom is -0.369 e. The van der Waals surface area contributed by atoms with Crippen LogP contribution in [-0.2, 0) is 6.42 Å². The van der Waals surface area contributed by atoms with Crippen LogP contribution in [0.3, 0.4) is 0 Å². The van der Waals surface area contributed by atoms with Crippen LogP contribution in [-0.4, -0.2) is 26.0 Å². The van der Waals surface area contributed by atoms with E-state index in [9.17, 15) is 4.79 Å². The van der Waals surface area contributed by atoms with Gasteiger partial charge >= 0.3 is 0 Å². The van der Waals surface area contributed by atoms with Crippen LogP contribution in [0.4, 0.5) is 5.95 Å². The van der Waals surface area contributed by atoms with Gasteiger partial charge in [-0.05, 0) is 5.41 Å². The molecule has 0 aliphatic carbocycles. The molecule has 0 amide bonds. The summed E-state index contributed by atoms with van der Waals surface area (Å²) in [4.78, 5) is 25.2. The van der Waals surface area contributed by atoms with E-state index < -0.39 is 0 Å². The van der Waals surface area contributed by atoms with Crippen LogP contribution in [0.25, 0.3) is 11.2 Å². The molecule has 2 rings (SSSR count). The standard InChI is InChI=1S/C11H18N6O/c1-11(2,3)5(12)4-6-14-7-8(15-6)16-10(13)17-9(7)18/h5H,4,12H2,1-3H3,(H4,13,14,15,16,17,18). The number of imidazole rings is 1. The SMILES string of the molecule is CC(C)(C)C(N)Cc1nc2nc(N)[nH]c(=O)c2[nH]1. The fraction of sp³-hybridized carbons (Fsp3) is 0.545. The highest BCUT2D eigenvalue weighted by atomic mass is 16.1. The molecule has 0 aromatic carbocycles. The number of rotatable bonds is 2. The molecule has 0 spiro atoms. The molecule has 0 aliphatic rings. The average molecular weight is 250 g/mol. The Hall–Kier alpha value is -1.89. The van der Waals surface area contributed by atoms with Gasteiger partial charge in [0.15, 0.2) is 11.2 Å². The number of hydrogen-bond acceptors (Lipinski definition) is 5. The van der Waals surface area contributed by atoms with Crippen molar-refractivity contribution in [3.8, 4) is 0 Å². The lowest BCUT2D eigenvalue weighted by Crippen LogP contribution is -2.37. The Morgan fingerprint density at radius 1 is 1.28 bits per heavy atom. The summed E-state index contributed by atoms with van der Waals surface area (Å²) in [6, 6.07) is -0.0607. The fourth-order valence-corrected chi connectivity index (χ4v) is 1.58. The topological polar surface area (TPSA) is 126 Å². The molecule has 2 aromatic rings. The smallest absolute Gasteiger partial charge is 0.278 e. The number of aromatic nitrogens is 4. The van der Waals surface area contributed by atoms with E-state index in [1.165, 1.54) is 0 Å². The largest absolute Gasteiger partial charge is 0.369 e. The van der Waals surface area contributed by atoms with Crippen LogP contribution in [0, 0.1) is 5.41 Å². The summed E-state index contributed by atoms with van der Waals surface area (Å²) < 4.78 is 0. The minimum atomic E-state index is -0.319. The summed E-state index contributed by atoms with van der Waals surface area (Å²) >= 11 is 0. The van der Waals surface area contributed by atoms with E-state index in [1.807, 2.05) is 0 Å². The van der Waals surface area contributed by atoms with Crippen LogP contribution in [0.15, 0.2) is 4.79 Å². The first-order valence-electron chi connectivity index (χ1n) is 5.77. The van der Waals surface area contributed by atoms with Gasteiger partial charge in [-0.1, -0.05) is 20.8 Å². The second-order valence-electron chi connectivity index (χ2n) is 5.51. The Morgan fingerprint density at radius 3 is 2.56 bits per heavy atom. The van der Waals surface area contributed by atoms with Gasteiger partial charge in [-0.2, -0.15) is 4.98 Å². The van der Waals surface area contributed by atoms with Crippen molar-refractivity contribution < 1.29 is 0 Å². The minimum absolute atomic E-state index is 0.0299. The molecule has 7 nitrogen and oxygen atoms in total. The van der Waals surface area contributed by atoms with Crippen molar-refractivity contribution in [1.82, 2.24) is 19.9 Å². The Morgan fingerprint density at radius 2 is 1.94 bits per heavy atom. The third kappa shape index (κ3) is 2.35. The molecule has 0 bridgehead atoms.